The van der Waals surface area contributed by atoms with Gasteiger partial charge in [0.1, 0.15) is 0 Å². The zero-order valence-electron chi connectivity index (χ0n) is 8.39. The third kappa shape index (κ3) is 2.86. The molecule has 2 heterocycles. The van der Waals surface area contributed by atoms with Gasteiger partial charge in [-0.3, -0.25) is 0 Å². The van der Waals surface area contributed by atoms with Crippen molar-refractivity contribution < 1.29 is 9.47 Å². The highest BCUT2D eigenvalue weighted by Crippen LogP contribution is 2.13. The van der Waals surface area contributed by atoms with Crippen LogP contribution in [0.25, 0.3) is 0 Å². The van der Waals surface area contributed by atoms with Gasteiger partial charge in [0.15, 0.2) is 6.29 Å². The molecule has 1 aliphatic heterocycles. The third-order valence-electron chi connectivity index (χ3n) is 2.46. The molecule has 0 aromatic carbocycles. The van der Waals surface area contributed by atoms with Crippen LogP contribution in [0.1, 0.15) is 19.3 Å². The molecule has 1 fully saturated rings. The van der Waals surface area contributed by atoms with Crippen molar-refractivity contribution in [2.24, 2.45) is 0 Å². The van der Waals surface area contributed by atoms with Gasteiger partial charge >= 0.3 is 0 Å². The third-order valence-corrected chi connectivity index (χ3v) is 2.46. The Bertz CT molecular complexity index is 240. The molecule has 1 aromatic rings. The highest BCUT2D eigenvalue weighted by atomic mass is 16.7. The Morgan fingerprint density at radius 3 is 2.86 bits per heavy atom. The minimum absolute atomic E-state index is 0.0410. The molecule has 14 heavy (non-hydrogen) atoms. The average Bonchev–Trinajstić information content (AvgIpc) is 2.72. The molecule has 3 heteroatoms. The molecule has 0 aliphatic carbocycles. The van der Waals surface area contributed by atoms with Gasteiger partial charge in [-0.15, -0.1) is 0 Å². The van der Waals surface area contributed by atoms with Crippen molar-refractivity contribution >= 4 is 0 Å². The molecular formula is C11H17NO2. The van der Waals surface area contributed by atoms with Crippen LogP contribution in [-0.4, -0.2) is 24.1 Å². The van der Waals surface area contributed by atoms with Crippen molar-refractivity contribution in [3.05, 3.63) is 24.5 Å². The first-order valence-corrected chi connectivity index (χ1v) is 5.29. The second-order valence-electron chi connectivity index (χ2n) is 3.59. The Kier molecular flexibility index (Phi) is 3.60. The Hall–Kier alpha value is -0.800. The molecule has 0 bridgehead atoms. The lowest BCUT2D eigenvalue weighted by Crippen LogP contribution is -2.23. The van der Waals surface area contributed by atoms with E-state index < -0.39 is 0 Å². The minimum Gasteiger partial charge on any atom is -0.353 e. The molecule has 0 spiro atoms. The summed E-state index contributed by atoms with van der Waals surface area (Å²) in [5.74, 6) is 0. The largest absolute Gasteiger partial charge is 0.353 e. The minimum atomic E-state index is 0.0410. The van der Waals surface area contributed by atoms with Gasteiger partial charge in [0.25, 0.3) is 0 Å². The normalized spacial score (nSPS) is 22.4. The highest BCUT2D eigenvalue weighted by molar-refractivity contribution is 4.89. The summed E-state index contributed by atoms with van der Waals surface area (Å²) in [7, 11) is 0. The maximum Gasteiger partial charge on any atom is 0.157 e. The van der Waals surface area contributed by atoms with Crippen LogP contribution in [0.15, 0.2) is 24.5 Å². The molecule has 1 unspecified atom stereocenters. The molecule has 2 rings (SSSR count). The van der Waals surface area contributed by atoms with E-state index in [4.69, 9.17) is 9.47 Å². The monoisotopic (exact) mass is 195 g/mol. The average molecular weight is 195 g/mol. The van der Waals surface area contributed by atoms with E-state index in [1.165, 1.54) is 12.8 Å². The Labute approximate surface area is 84.6 Å². The van der Waals surface area contributed by atoms with E-state index >= 15 is 0 Å². The lowest BCUT2D eigenvalue weighted by Gasteiger charge is -2.22. The molecule has 0 amide bonds. The van der Waals surface area contributed by atoms with Crippen molar-refractivity contribution in [3.63, 3.8) is 0 Å². The molecule has 3 nitrogen and oxygen atoms in total. The molecule has 1 atom stereocenters. The number of hydrogen-bond acceptors (Lipinski definition) is 2. The van der Waals surface area contributed by atoms with Gasteiger partial charge in [-0.2, -0.15) is 0 Å². The zero-order valence-corrected chi connectivity index (χ0v) is 8.39. The fraction of sp³-hybridized carbons (Fsp3) is 0.636. The standard InChI is InChI=1S/C11H17NO2/c1-4-9-13-11(5-1)14-10-8-12-6-2-3-7-12/h2-3,6-7,11H,1,4-5,8-10H2. The van der Waals surface area contributed by atoms with E-state index in [1.54, 1.807) is 0 Å². The van der Waals surface area contributed by atoms with E-state index in [0.717, 1.165) is 26.2 Å². The van der Waals surface area contributed by atoms with Crippen molar-refractivity contribution in [2.75, 3.05) is 13.2 Å². The summed E-state index contributed by atoms with van der Waals surface area (Å²) in [6, 6.07) is 4.05. The second kappa shape index (κ2) is 5.17. The predicted octanol–water partition coefficient (Wildman–Crippen LogP) is 2.03. The topological polar surface area (TPSA) is 23.4 Å². The van der Waals surface area contributed by atoms with Gasteiger partial charge in [-0.25, -0.2) is 0 Å². The molecule has 1 saturated heterocycles. The summed E-state index contributed by atoms with van der Waals surface area (Å²) in [5, 5.41) is 0. The van der Waals surface area contributed by atoms with E-state index in [-0.39, 0.29) is 6.29 Å². The quantitative estimate of drug-likeness (QED) is 0.734. The molecule has 78 valence electrons. The van der Waals surface area contributed by atoms with Crippen LogP contribution >= 0.6 is 0 Å². The molecule has 0 radical (unpaired) electrons. The number of ether oxygens (including phenoxy) is 2. The fourth-order valence-corrected chi connectivity index (χ4v) is 1.65. The Balaban J connectivity index is 1.62. The molecular weight excluding hydrogens is 178 g/mol. The van der Waals surface area contributed by atoms with Crippen LogP contribution in [-0.2, 0) is 16.0 Å². The van der Waals surface area contributed by atoms with E-state index in [0.29, 0.717) is 0 Å². The first-order chi connectivity index (χ1) is 6.95. The number of hydrogen-bond donors (Lipinski definition) is 0. The Morgan fingerprint density at radius 1 is 1.29 bits per heavy atom. The predicted molar refractivity (Wildman–Crippen MR) is 54.0 cm³/mol. The van der Waals surface area contributed by atoms with Crippen molar-refractivity contribution in [1.29, 1.82) is 0 Å². The summed E-state index contributed by atoms with van der Waals surface area (Å²) >= 11 is 0. The van der Waals surface area contributed by atoms with E-state index in [2.05, 4.69) is 4.57 Å². The Morgan fingerprint density at radius 2 is 2.14 bits per heavy atom. The second-order valence-corrected chi connectivity index (χ2v) is 3.59. The van der Waals surface area contributed by atoms with Crippen LogP contribution in [0.5, 0.6) is 0 Å². The van der Waals surface area contributed by atoms with Gasteiger partial charge in [0.2, 0.25) is 0 Å². The summed E-state index contributed by atoms with van der Waals surface area (Å²) in [5.41, 5.74) is 0. The maximum atomic E-state index is 5.61. The van der Waals surface area contributed by atoms with Gasteiger partial charge < -0.3 is 14.0 Å². The van der Waals surface area contributed by atoms with Gasteiger partial charge in [-0.05, 0) is 31.4 Å². The lowest BCUT2D eigenvalue weighted by atomic mass is 10.2. The van der Waals surface area contributed by atoms with Gasteiger partial charge in [-0.1, -0.05) is 0 Å². The van der Waals surface area contributed by atoms with E-state index in [1.807, 2.05) is 24.5 Å². The number of rotatable bonds is 4. The fourth-order valence-electron chi connectivity index (χ4n) is 1.65. The first-order valence-electron chi connectivity index (χ1n) is 5.29. The molecule has 0 N–H and O–H groups in total. The van der Waals surface area contributed by atoms with Crippen molar-refractivity contribution in [3.8, 4) is 0 Å². The van der Waals surface area contributed by atoms with Crippen LogP contribution in [0, 0.1) is 0 Å². The van der Waals surface area contributed by atoms with Crippen molar-refractivity contribution in [1.82, 2.24) is 4.57 Å². The van der Waals surface area contributed by atoms with Crippen LogP contribution in [0.2, 0.25) is 0 Å². The van der Waals surface area contributed by atoms with Crippen molar-refractivity contribution in [2.45, 2.75) is 32.1 Å². The smallest absolute Gasteiger partial charge is 0.157 e. The summed E-state index contributed by atoms with van der Waals surface area (Å²) < 4.78 is 13.2. The lowest BCUT2D eigenvalue weighted by molar-refractivity contribution is -0.163. The molecule has 1 aromatic heterocycles. The number of aromatic nitrogens is 1. The summed E-state index contributed by atoms with van der Waals surface area (Å²) in [6.45, 7) is 2.50. The van der Waals surface area contributed by atoms with Crippen LogP contribution in [0.3, 0.4) is 0 Å². The van der Waals surface area contributed by atoms with E-state index in [9.17, 15) is 0 Å². The number of nitrogens with zero attached hydrogens (tertiary/aromatic N) is 1. The summed E-state index contributed by atoms with van der Waals surface area (Å²) in [6.07, 6.45) is 7.59. The highest BCUT2D eigenvalue weighted by Gasteiger charge is 2.13. The maximum absolute atomic E-state index is 5.61. The first kappa shape index (κ1) is 9.74. The van der Waals surface area contributed by atoms with Gasteiger partial charge in [0, 0.05) is 25.5 Å². The molecule has 0 saturated carbocycles. The summed E-state index contributed by atoms with van der Waals surface area (Å²) in [4.78, 5) is 0. The SMILES string of the molecule is c1ccn(CCOC2CCCCO2)c1. The zero-order chi connectivity index (χ0) is 9.64. The molecule has 1 aliphatic rings. The van der Waals surface area contributed by atoms with Crippen LogP contribution in [0.4, 0.5) is 0 Å². The van der Waals surface area contributed by atoms with Gasteiger partial charge in [0.05, 0.1) is 6.61 Å². The van der Waals surface area contributed by atoms with Crippen LogP contribution < -0.4 is 0 Å².